The van der Waals surface area contributed by atoms with Crippen LogP contribution in [-0.4, -0.2) is 17.8 Å². The highest BCUT2D eigenvalue weighted by Crippen LogP contribution is 2.29. The van der Waals surface area contributed by atoms with E-state index >= 15 is 0 Å². The number of ketones is 1. The minimum atomic E-state index is -0.482. The van der Waals surface area contributed by atoms with Crippen LogP contribution in [0.25, 0.3) is 16.8 Å². The zero-order valence-electron chi connectivity index (χ0n) is 17.9. The molecule has 0 aliphatic rings. The lowest BCUT2D eigenvalue weighted by atomic mass is 10.0. The number of carbonyl (C=O) groups excluding carboxylic acids is 1. The molecule has 0 heterocycles. The molecule has 0 fully saturated rings. The molecule has 0 bridgehead atoms. The molecule has 164 valence electrons. The van der Waals surface area contributed by atoms with Gasteiger partial charge in [0.25, 0.3) is 0 Å². The second kappa shape index (κ2) is 9.78. The maximum Gasteiger partial charge on any atom is 0.310 e. The highest BCUT2D eigenvalue weighted by molar-refractivity contribution is 6.08. The van der Waals surface area contributed by atoms with Crippen LogP contribution in [0.5, 0.6) is 11.5 Å². The minimum absolute atomic E-state index is 0.0777. The van der Waals surface area contributed by atoms with Crippen LogP contribution >= 0.6 is 0 Å². The van der Waals surface area contributed by atoms with Gasteiger partial charge in [0, 0.05) is 17.2 Å². The van der Waals surface area contributed by atoms with Gasteiger partial charge in [0.15, 0.2) is 11.5 Å². The Morgan fingerprint density at radius 2 is 1.67 bits per heavy atom. The number of hydrogen-bond donors (Lipinski definition) is 0. The lowest BCUT2D eigenvalue weighted by molar-refractivity contribution is -0.385. The highest BCUT2D eigenvalue weighted by Gasteiger charge is 2.14. The zero-order chi connectivity index (χ0) is 23.2. The summed E-state index contributed by atoms with van der Waals surface area (Å²) in [6.07, 6.45) is 3.25. The van der Waals surface area contributed by atoms with Crippen molar-refractivity contribution in [1.29, 1.82) is 0 Å². The number of methoxy groups -OCH3 is 1. The quantitative estimate of drug-likeness (QED) is 0.141. The van der Waals surface area contributed by atoms with E-state index in [0.717, 1.165) is 16.3 Å². The Labute approximate surface area is 190 Å². The van der Waals surface area contributed by atoms with Crippen molar-refractivity contribution in [2.75, 3.05) is 7.11 Å². The Morgan fingerprint density at radius 3 is 2.45 bits per heavy atom. The number of benzene rings is 4. The maximum atomic E-state index is 12.7. The molecule has 4 aromatic rings. The molecule has 0 unspecified atom stereocenters. The largest absolute Gasteiger partial charge is 0.496 e. The number of para-hydroxylation sites is 2. The van der Waals surface area contributed by atoms with Crippen LogP contribution in [0.2, 0.25) is 0 Å². The van der Waals surface area contributed by atoms with Crippen LogP contribution in [0.3, 0.4) is 0 Å². The second-order valence-corrected chi connectivity index (χ2v) is 7.34. The van der Waals surface area contributed by atoms with Gasteiger partial charge in [-0.05, 0) is 46.7 Å². The third-order valence-corrected chi connectivity index (χ3v) is 5.21. The number of nitrogens with zero attached hydrogens (tertiary/aromatic N) is 1. The van der Waals surface area contributed by atoms with Gasteiger partial charge in [0.2, 0.25) is 0 Å². The smallest absolute Gasteiger partial charge is 0.310 e. The second-order valence-electron chi connectivity index (χ2n) is 7.34. The van der Waals surface area contributed by atoms with E-state index in [1.807, 2.05) is 54.6 Å². The van der Waals surface area contributed by atoms with E-state index in [-0.39, 0.29) is 23.8 Å². The third-order valence-electron chi connectivity index (χ3n) is 5.21. The molecule has 0 amide bonds. The van der Waals surface area contributed by atoms with E-state index in [9.17, 15) is 14.9 Å². The fourth-order valence-corrected chi connectivity index (χ4v) is 3.51. The molecule has 0 spiro atoms. The zero-order valence-corrected chi connectivity index (χ0v) is 17.9. The van der Waals surface area contributed by atoms with Crippen LogP contribution in [0.4, 0.5) is 5.69 Å². The number of allylic oxidation sites excluding steroid dienone is 1. The maximum absolute atomic E-state index is 12.7. The summed E-state index contributed by atoms with van der Waals surface area (Å²) in [7, 11) is 1.54. The number of carbonyl (C=O) groups is 1. The number of nitro groups is 1. The SMILES string of the molecule is COc1ccc(/C=C/C(=O)c2ccc3ccccc3c2)cc1COc1ccccc1[N+](=O)[O-]. The number of hydrogen-bond acceptors (Lipinski definition) is 5. The average molecular weight is 439 g/mol. The summed E-state index contributed by atoms with van der Waals surface area (Å²) in [6, 6.07) is 25.2. The standard InChI is InChI=1S/C27H21NO5/c1-32-26-15-11-19(16-23(26)18-33-27-9-5-4-8-24(27)28(30)31)10-14-25(29)22-13-12-20-6-2-3-7-21(20)17-22/h2-17H,18H2,1H3/b14-10+. The summed E-state index contributed by atoms with van der Waals surface area (Å²) in [5, 5.41) is 13.3. The molecule has 0 aliphatic carbocycles. The van der Waals surface area contributed by atoms with E-state index in [1.54, 1.807) is 37.5 Å². The summed E-state index contributed by atoms with van der Waals surface area (Å²) in [6.45, 7) is 0.0777. The molecular weight excluding hydrogens is 418 g/mol. The molecule has 0 atom stereocenters. The van der Waals surface area contributed by atoms with Crippen molar-refractivity contribution in [2.24, 2.45) is 0 Å². The number of ether oxygens (including phenoxy) is 2. The van der Waals surface area contributed by atoms with Gasteiger partial charge < -0.3 is 9.47 Å². The van der Waals surface area contributed by atoms with Gasteiger partial charge in [0.1, 0.15) is 12.4 Å². The molecule has 6 nitrogen and oxygen atoms in total. The predicted octanol–water partition coefficient (Wildman–Crippen LogP) is 6.23. The van der Waals surface area contributed by atoms with Crippen molar-refractivity contribution in [3.8, 4) is 11.5 Å². The number of nitro benzene ring substituents is 1. The average Bonchev–Trinajstić information content (AvgIpc) is 2.85. The molecule has 4 aromatic carbocycles. The monoisotopic (exact) mass is 439 g/mol. The van der Waals surface area contributed by atoms with Gasteiger partial charge in [-0.3, -0.25) is 14.9 Å². The van der Waals surface area contributed by atoms with Gasteiger partial charge in [-0.2, -0.15) is 0 Å². The van der Waals surface area contributed by atoms with Crippen LogP contribution in [0.1, 0.15) is 21.5 Å². The molecule has 33 heavy (non-hydrogen) atoms. The Bertz CT molecular complexity index is 1360. The van der Waals surface area contributed by atoms with Crippen molar-refractivity contribution in [1.82, 2.24) is 0 Å². The first kappa shape index (κ1) is 21.8. The van der Waals surface area contributed by atoms with Crippen molar-refractivity contribution >= 4 is 28.3 Å². The Kier molecular flexibility index (Phi) is 6.45. The van der Waals surface area contributed by atoms with E-state index in [1.165, 1.54) is 12.1 Å². The van der Waals surface area contributed by atoms with Crippen LogP contribution < -0.4 is 9.47 Å². The van der Waals surface area contributed by atoms with Crippen molar-refractivity contribution < 1.29 is 19.2 Å². The first-order valence-corrected chi connectivity index (χ1v) is 10.3. The Hall–Kier alpha value is -4.45. The highest BCUT2D eigenvalue weighted by atomic mass is 16.6. The van der Waals surface area contributed by atoms with E-state index in [2.05, 4.69) is 0 Å². The Balaban J connectivity index is 1.52. The van der Waals surface area contributed by atoms with Gasteiger partial charge in [-0.1, -0.05) is 60.7 Å². The summed E-state index contributed by atoms with van der Waals surface area (Å²) in [5.74, 6) is 0.665. The molecule has 4 rings (SSSR count). The molecule has 6 heteroatoms. The topological polar surface area (TPSA) is 78.7 Å². The lowest BCUT2D eigenvalue weighted by Crippen LogP contribution is -2.01. The lowest BCUT2D eigenvalue weighted by Gasteiger charge is -2.11. The van der Waals surface area contributed by atoms with E-state index < -0.39 is 4.92 Å². The molecule has 0 saturated heterocycles. The molecular formula is C27H21NO5. The van der Waals surface area contributed by atoms with Crippen LogP contribution in [0, 0.1) is 10.1 Å². The molecule has 0 radical (unpaired) electrons. The third kappa shape index (κ3) is 5.07. The number of rotatable bonds is 8. The predicted molar refractivity (Wildman–Crippen MR) is 128 cm³/mol. The van der Waals surface area contributed by atoms with Gasteiger partial charge in [0.05, 0.1) is 12.0 Å². The normalized spacial score (nSPS) is 10.9. The molecule has 0 aliphatic heterocycles. The van der Waals surface area contributed by atoms with Crippen LogP contribution in [0.15, 0.2) is 91.0 Å². The molecule has 0 aromatic heterocycles. The van der Waals surface area contributed by atoms with Gasteiger partial charge in [-0.25, -0.2) is 0 Å². The van der Waals surface area contributed by atoms with Gasteiger partial charge in [-0.15, -0.1) is 0 Å². The first-order chi connectivity index (χ1) is 16.0. The van der Waals surface area contributed by atoms with Crippen molar-refractivity contribution in [3.63, 3.8) is 0 Å². The summed E-state index contributed by atoms with van der Waals surface area (Å²) < 4.78 is 11.1. The summed E-state index contributed by atoms with van der Waals surface area (Å²) >= 11 is 0. The number of fused-ring (bicyclic) bond motifs is 1. The summed E-state index contributed by atoms with van der Waals surface area (Å²) in [4.78, 5) is 23.4. The van der Waals surface area contributed by atoms with E-state index in [4.69, 9.17) is 9.47 Å². The fraction of sp³-hybridized carbons (Fsp3) is 0.0741. The first-order valence-electron chi connectivity index (χ1n) is 10.3. The van der Waals surface area contributed by atoms with Crippen molar-refractivity contribution in [3.05, 3.63) is 118 Å². The minimum Gasteiger partial charge on any atom is -0.496 e. The van der Waals surface area contributed by atoms with E-state index in [0.29, 0.717) is 16.9 Å². The molecule has 0 saturated carbocycles. The Morgan fingerprint density at radius 1 is 0.909 bits per heavy atom. The van der Waals surface area contributed by atoms with Crippen LogP contribution in [-0.2, 0) is 6.61 Å². The van der Waals surface area contributed by atoms with Gasteiger partial charge >= 0.3 is 5.69 Å². The molecule has 0 N–H and O–H groups in total. The van der Waals surface area contributed by atoms with Crippen molar-refractivity contribution in [2.45, 2.75) is 6.61 Å². The summed E-state index contributed by atoms with van der Waals surface area (Å²) in [5.41, 5.74) is 1.99. The fourth-order valence-electron chi connectivity index (χ4n) is 3.51.